The molecule has 4 atom stereocenters. The van der Waals surface area contributed by atoms with E-state index in [1.54, 1.807) is 24.3 Å². The van der Waals surface area contributed by atoms with E-state index in [0.717, 1.165) is 17.7 Å². The van der Waals surface area contributed by atoms with Gasteiger partial charge in [0.2, 0.25) is 5.60 Å². The molecule has 0 bridgehead atoms. The van der Waals surface area contributed by atoms with Crippen LogP contribution in [-0.4, -0.2) is 62.6 Å². The lowest BCUT2D eigenvalue weighted by Crippen LogP contribution is -2.55. The minimum Gasteiger partial charge on any atom is -0.393 e. The Morgan fingerprint density at radius 2 is 1.63 bits per heavy atom. The SMILES string of the molecule is CC.CC.Cc1ccc(S(=O)N2c3ccc(C(O)(C(C)(C)F)C(F)(F)F)cc3CC[C@H]2CNC(=O)C(O)CO)cc1. The predicted molar refractivity (Wildman–Crippen MR) is 153 cm³/mol. The van der Waals surface area contributed by atoms with Crippen molar-refractivity contribution in [3.63, 3.8) is 0 Å². The fourth-order valence-electron chi connectivity index (χ4n) is 4.30. The minimum atomic E-state index is -5.31. The van der Waals surface area contributed by atoms with Gasteiger partial charge in [0.25, 0.3) is 5.91 Å². The van der Waals surface area contributed by atoms with Crippen molar-refractivity contribution in [1.29, 1.82) is 0 Å². The van der Waals surface area contributed by atoms with Gasteiger partial charge in [0.05, 0.1) is 23.2 Å². The summed E-state index contributed by atoms with van der Waals surface area (Å²) in [5.74, 6) is -0.829. The number of hydrogen-bond acceptors (Lipinski definition) is 5. The van der Waals surface area contributed by atoms with Gasteiger partial charge in [-0.2, -0.15) is 13.2 Å². The van der Waals surface area contributed by atoms with Crippen molar-refractivity contribution in [2.45, 2.75) is 95.8 Å². The molecule has 7 nitrogen and oxygen atoms in total. The third kappa shape index (κ3) is 8.06. The number of alkyl halides is 4. The van der Waals surface area contributed by atoms with Gasteiger partial charge in [0, 0.05) is 6.54 Å². The first-order valence-electron chi connectivity index (χ1n) is 13.6. The van der Waals surface area contributed by atoms with E-state index in [1.807, 2.05) is 34.6 Å². The van der Waals surface area contributed by atoms with Crippen molar-refractivity contribution in [3.05, 3.63) is 59.2 Å². The van der Waals surface area contributed by atoms with Crippen molar-refractivity contribution in [2.75, 3.05) is 17.5 Å². The Balaban J connectivity index is 0.00000201. The molecule has 0 radical (unpaired) electrons. The van der Waals surface area contributed by atoms with Crippen LogP contribution in [0.15, 0.2) is 47.4 Å². The molecule has 0 spiro atoms. The lowest BCUT2D eigenvalue weighted by atomic mass is 9.79. The molecule has 0 fully saturated rings. The summed E-state index contributed by atoms with van der Waals surface area (Å²) in [6.07, 6.45) is -6.51. The van der Waals surface area contributed by atoms with Gasteiger partial charge in [-0.1, -0.05) is 57.5 Å². The molecule has 3 unspecified atom stereocenters. The number of carbonyl (C=O) groups excluding carboxylic acids is 1. The fraction of sp³-hybridized carbons (Fsp3) is 0.552. The van der Waals surface area contributed by atoms with Gasteiger partial charge in [0.15, 0.2) is 17.1 Å². The number of amides is 1. The number of anilines is 1. The first kappa shape index (κ1) is 36.5. The van der Waals surface area contributed by atoms with E-state index in [-0.39, 0.29) is 19.4 Å². The summed E-state index contributed by atoms with van der Waals surface area (Å²) < 4.78 is 71.5. The number of hydrogen-bond donors (Lipinski definition) is 4. The second-order valence-corrected chi connectivity index (χ2v) is 10.9. The third-order valence-corrected chi connectivity index (χ3v) is 8.00. The number of aliphatic hydroxyl groups is 3. The van der Waals surface area contributed by atoms with Crippen LogP contribution in [0.1, 0.15) is 64.7 Å². The summed E-state index contributed by atoms with van der Waals surface area (Å²) in [4.78, 5) is 12.4. The smallest absolute Gasteiger partial charge is 0.393 e. The number of nitrogens with zero attached hydrogens (tertiary/aromatic N) is 1. The van der Waals surface area contributed by atoms with Crippen LogP contribution < -0.4 is 9.62 Å². The number of carbonyl (C=O) groups is 1. The maximum atomic E-state index is 14.7. The van der Waals surface area contributed by atoms with E-state index in [2.05, 4.69) is 5.32 Å². The predicted octanol–water partition coefficient (Wildman–Crippen LogP) is 4.86. The molecule has 0 aromatic heterocycles. The Bertz CT molecular complexity index is 1140. The number of benzene rings is 2. The van der Waals surface area contributed by atoms with Gasteiger partial charge in [0.1, 0.15) is 5.67 Å². The molecule has 4 N–H and O–H groups in total. The monoisotopic (exact) mass is 606 g/mol. The van der Waals surface area contributed by atoms with E-state index in [1.165, 1.54) is 10.4 Å². The van der Waals surface area contributed by atoms with Crippen molar-refractivity contribution in [3.8, 4) is 0 Å². The molecular formula is C29H42F4N2O5S. The number of aliphatic hydroxyl groups excluding tert-OH is 2. The van der Waals surface area contributed by atoms with Crippen LogP contribution in [0.25, 0.3) is 0 Å². The van der Waals surface area contributed by atoms with Crippen LogP contribution in [0.3, 0.4) is 0 Å². The Morgan fingerprint density at radius 3 is 2.12 bits per heavy atom. The first-order valence-corrected chi connectivity index (χ1v) is 14.7. The minimum absolute atomic E-state index is 0.0707. The third-order valence-electron chi connectivity index (χ3n) is 6.47. The summed E-state index contributed by atoms with van der Waals surface area (Å²) in [6, 6.07) is 9.51. The normalized spacial score (nSPS) is 17.9. The van der Waals surface area contributed by atoms with Gasteiger partial charge < -0.3 is 20.6 Å². The molecule has 0 aliphatic carbocycles. The Kier molecular flexibility index (Phi) is 13.4. The zero-order chi connectivity index (χ0) is 31.8. The lowest BCUT2D eigenvalue weighted by Gasteiger charge is -2.41. The number of nitrogens with one attached hydrogen (secondary N) is 1. The van der Waals surface area contributed by atoms with E-state index >= 15 is 0 Å². The van der Waals surface area contributed by atoms with Crippen LogP contribution in [0, 0.1) is 6.92 Å². The van der Waals surface area contributed by atoms with Gasteiger partial charge in [-0.05, 0) is 62.9 Å². The standard InChI is InChI=1S/C25H30F4N2O5S.2C2H6/c1-15-4-9-19(10-5-15)37(36)31-18(13-30-22(34)21(33)14-32)8-6-16-12-17(7-11-20(16)31)24(35,23(2,3)26)25(27,28)29;2*1-2/h4-5,7,9-12,18,21,32-33,35H,6,8,13-14H2,1-3H3,(H,30,34);2*1-2H3/t18-,21?,24?,37?;;/m0../s1. The van der Waals surface area contributed by atoms with Gasteiger partial charge in [-0.25, -0.2) is 8.60 Å². The maximum absolute atomic E-state index is 14.7. The number of fused-ring (bicyclic) bond motifs is 1. The molecule has 41 heavy (non-hydrogen) atoms. The van der Waals surface area contributed by atoms with E-state index in [0.29, 0.717) is 30.0 Å². The molecule has 1 aliphatic rings. The van der Waals surface area contributed by atoms with Crippen molar-refractivity contribution in [1.82, 2.24) is 5.32 Å². The molecule has 0 saturated carbocycles. The molecule has 1 amide bonds. The van der Waals surface area contributed by atoms with E-state index in [4.69, 9.17) is 5.11 Å². The fourth-order valence-corrected chi connectivity index (χ4v) is 5.71. The average molecular weight is 607 g/mol. The zero-order valence-electron chi connectivity index (χ0n) is 24.6. The van der Waals surface area contributed by atoms with Gasteiger partial charge in [-0.15, -0.1) is 0 Å². The molecule has 12 heteroatoms. The quantitative estimate of drug-likeness (QED) is 0.321. The molecular weight excluding hydrogens is 564 g/mol. The van der Waals surface area contributed by atoms with Gasteiger partial charge >= 0.3 is 6.18 Å². The van der Waals surface area contributed by atoms with Crippen LogP contribution in [0.2, 0.25) is 0 Å². The average Bonchev–Trinajstić information content (AvgIpc) is 2.95. The topological polar surface area (TPSA) is 110 Å². The van der Waals surface area contributed by atoms with Gasteiger partial charge in [-0.3, -0.25) is 9.10 Å². The van der Waals surface area contributed by atoms with Crippen LogP contribution in [-0.2, 0) is 27.8 Å². The number of halogens is 4. The summed E-state index contributed by atoms with van der Waals surface area (Å²) in [5, 5.41) is 31.6. The molecule has 232 valence electrons. The second-order valence-electron chi connectivity index (χ2n) is 9.55. The number of rotatable bonds is 8. The summed E-state index contributed by atoms with van der Waals surface area (Å²) >= 11 is 0. The highest BCUT2D eigenvalue weighted by atomic mass is 32.2. The summed E-state index contributed by atoms with van der Waals surface area (Å²) in [7, 11) is -1.85. The second kappa shape index (κ2) is 15.1. The van der Waals surface area contributed by atoms with E-state index < -0.39 is 58.7 Å². The van der Waals surface area contributed by atoms with E-state index in [9.17, 15) is 36.8 Å². The molecule has 1 aliphatic heterocycles. The zero-order valence-corrected chi connectivity index (χ0v) is 25.4. The Morgan fingerprint density at radius 1 is 1.07 bits per heavy atom. The van der Waals surface area contributed by atoms with Crippen LogP contribution in [0.4, 0.5) is 23.2 Å². The van der Waals surface area contributed by atoms with Crippen molar-refractivity contribution in [2.24, 2.45) is 0 Å². The first-order chi connectivity index (χ1) is 19.1. The lowest BCUT2D eigenvalue weighted by molar-refractivity contribution is -0.305. The van der Waals surface area contributed by atoms with Crippen LogP contribution >= 0.6 is 0 Å². The maximum Gasteiger partial charge on any atom is 0.424 e. The highest BCUT2D eigenvalue weighted by Gasteiger charge is 2.64. The van der Waals surface area contributed by atoms with Crippen molar-refractivity contribution < 1.29 is 41.9 Å². The Labute approximate surface area is 242 Å². The largest absolute Gasteiger partial charge is 0.424 e. The van der Waals surface area contributed by atoms with Crippen molar-refractivity contribution >= 4 is 22.6 Å². The molecule has 1 heterocycles. The van der Waals surface area contributed by atoms with Crippen LogP contribution in [0.5, 0.6) is 0 Å². The highest BCUT2D eigenvalue weighted by molar-refractivity contribution is 7.86. The number of aryl methyl sites for hydroxylation is 2. The molecule has 0 saturated heterocycles. The molecule has 2 aromatic rings. The molecule has 2 aromatic carbocycles. The summed E-state index contributed by atoms with van der Waals surface area (Å²) in [6.45, 7) is 10.3. The highest BCUT2D eigenvalue weighted by Crippen LogP contribution is 2.49. The Hall–Kier alpha value is -2.54. The molecule has 3 rings (SSSR count). The summed E-state index contributed by atoms with van der Waals surface area (Å²) in [5.41, 5.74) is -5.96.